The number of anilines is 3. The molecule has 1 heterocycles. The molecule has 2 rings (SSSR count). The Morgan fingerprint density at radius 1 is 1.18 bits per heavy atom. The van der Waals surface area contributed by atoms with Crippen LogP contribution >= 0.6 is 0 Å². The number of pyridine rings is 1. The number of hydrogen-bond donors (Lipinski definition) is 3. The first-order valence-corrected chi connectivity index (χ1v) is 6.96. The number of hydrogen-bond acceptors (Lipinski definition) is 3. The molecule has 0 atom stereocenters. The number of benzene rings is 1. The van der Waals surface area contributed by atoms with Crippen LogP contribution in [0.15, 0.2) is 42.5 Å². The van der Waals surface area contributed by atoms with E-state index in [2.05, 4.69) is 15.6 Å². The van der Waals surface area contributed by atoms with Crippen LogP contribution < -0.4 is 33.8 Å². The number of carbonyl (C=O) groups excluding carboxylic acids is 1. The monoisotopic (exact) mass is 320 g/mol. The maximum absolute atomic E-state index is 11.7. The minimum Gasteiger partial charge on any atom is -1.00 e. The fraction of sp³-hybridized carbons (Fsp3) is 0.250. The number of nitrogen functional groups attached to an aromatic ring is 1. The van der Waals surface area contributed by atoms with E-state index in [1.54, 1.807) is 6.07 Å². The summed E-state index contributed by atoms with van der Waals surface area (Å²) in [6.07, 6.45) is 0. The summed E-state index contributed by atoms with van der Waals surface area (Å²) in [5.74, 6) is 1.10. The third-order valence-electron chi connectivity index (χ3n) is 3.08. The van der Waals surface area contributed by atoms with Crippen LogP contribution in [0.25, 0.3) is 0 Å². The van der Waals surface area contributed by atoms with Crippen LogP contribution in [-0.2, 0) is 11.3 Å². The highest BCUT2D eigenvalue weighted by atomic mass is 35.5. The fourth-order valence-electron chi connectivity index (χ4n) is 1.79. The molecule has 0 fully saturated rings. The van der Waals surface area contributed by atoms with Crippen LogP contribution in [0.2, 0.25) is 0 Å². The molecule has 0 saturated carbocycles. The molecule has 0 radical (unpaired) electrons. The summed E-state index contributed by atoms with van der Waals surface area (Å²) in [7, 11) is 0. The second kappa shape index (κ2) is 8.24. The number of nitrogens with one attached hydrogen (secondary N) is 3. The number of rotatable bonds is 5. The third-order valence-corrected chi connectivity index (χ3v) is 3.08. The highest BCUT2D eigenvalue weighted by Gasteiger charge is 2.12. The topological polar surface area (TPSA) is 81.3 Å². The van der Waals surface area contributed by atoms with Gasteiger partial charge in [-0.1, -0.05) is 44.2 Å². The Hall–Kier alpha value is -2.27. The second-order valence-corrected chi connectivity index (χ2v) is 5.18. The van der Waals surface area contributed by atoms with Crippen molar-refractivity contribution in [1.29, 1.82) is 0 Å². The molecular weight excluding hydrogens is 300 g/mol. The zero-order chi connectivity index (χ0) is 15.2. The van der Waals surface area contributed by atoms with Gasteiger partial charge in [-0.3, -0.25) is 4.79 Å². The van der Waals surface area contributed by atoms with Crippen molar-refractivity contribution in [3.8, 4) is 0 Å². The van der Waals surface area contributed by atoms with E-state index in [0.717, 1.165) is 5.82 Å². The number of H-pyrrole nitrogens is 1. The SMILES string of the molecule is CC(C)C(=O)Nc1ccc(NCc2ccccc2)[nH+]c1N.[Cl-]. The maximum Gasteiger partial charge on any atom is 0.241 e. The smallest absolute Gasteiger partial charge is 0.241 e. The van der Waals surface area contributed by atoms with Crippen LogP contribution in [0.3, 0.4) is 0 Å². The molecule has 0 aliphatic heterocycles. The molecule has 1 aromatic heterocycles. The van der Waals surface area contributed by atoms with Crippen LogP contribution in [0.4, 0.5) is 17.3 Å². The maximum atomic E-state index is 11.7. The van der Waals surface area contributed by atoms with E-state index in [-0.39, 0.29) is 24.2 Å². The first-order chi connectivity index (χ1) is 10.1. The van der Waals surface area contributed by atoms with E-state index in [1.807, 2.05) is 50.2 Å². The van der Waals surface area contributed by atoms with Gasteiger partial charge in [-0.2, -0.15) is 0 Å². The third kappa shape index (κ3) is 4.93. The molecule has 118 valence electrons. The van der Waals surface area contributed by atoms with Gasteiger partial charge >= 0.3 is 0 Å². The molecule has 0 bridgehead atoms. The number of carbonyl (C=O) groups is 1. The number of aromatic nitrogens is 1. The predicted molar refractivity (Wildman–Crippen MR) is 84.6 cm³/mol. The largest absolute Gasteiger partial charge is 1.00 e. The molecule has 0 saturated heterocycles. The predicted octanol–water partition coefficient (Wildman–Crippen LogP) is -0.706. The van der Waals surface area contributed by atoms with Gasteiger partial charge in [0.25, 0.3) is 0 Å². The van der Waals surface area contributed by atoms with Gasteiger partial charge in [0, 0.05) is 12.0 Å². The Kier molecular flexibility index (Phi) is 6.66. The van der Waals surface area contributed by atoms with E-state index in [1.165, 1.54) is 5.56 Å². The quantitative estimate of drug-likeness (QED) is 0.681. The van der Waals surface area contributed by atoms with Gasteiger partial charge in [-0.05, 0) is 11.6 Å². The highest BCUT2D eigenvalue weighted by Crippen LogP contribution is 2.16. The molecule has 5 N–H and O–H groups in total. The van der Waals surface area contributed by atoms with Crippen LogP contribution in [0.1, 0.15) is 19.4 Å². The molecular formula is C16H21ClN4O. The number of amides is 1. The van der Waals surface area contributed by atoms with Crippen molar-refractivity contribution < 1.29 is 22.2 Å². The first-order valence-electron chi connectivity index (χ1n) is 6.96. The van der Waals surface area contributed by atoms with Crippen molar-refractivity contribution in [3.63, 3.8) is 0 Å². The zero-order valence-corrected chi connectivity index (χ0v) is 13.4. The molecule has 2 aromatic rings. The molecule has 5 nitrogen and oxygen atoms in total. The van der Waals surface area contributed by atoms with Crippen molar-refractivity contribution in [1.82, 2.24) is 0 Å². The van der Waals surface area contributed by atoms with Gasteiger partial charge in [-0.15, -0.1) is 0 Å². The first kappa shape index (κ1) is 17.8. The molecule has 1 aromatic carbocycles. The number of aromatic amines is 1. The molecule has 6 heteroatoms. The van der Waals surface area contributed by atoms with Gasteiger partial charge in [0.05, 0.1) is 6.54 Å². The Bertz CT molecular complexity index is 617. The van der Waals surface area contributed by atoms with Crippen molar-refractivity contribution in [2.45, 2.75) is 20.4 Å². The van der Waals surface area contributed by atoms with E-state index in [9.17, 15) is 4.79 Å². The molecule has 1 amide bonds. The summed E-state index contributed by atoms with van der Waals surface area (Å²) in [5, 5.41) is 6.04. The van der Waals surface area contributed by atoms with E-state index in [4.69, 9.17) is 5.73 Å². The molecule has 0 aliphatic rings. The molecule has 0 unspecified atom stereocenters. The Morgan fingerprint density at radius 3 is 2.45 bits per heavy atom. The lowest BCUT2D eigenvalue weighted by molar-refractivity contribution is -0.342. The summed E-state index contributed by atoms with van der Waals surface area (Å²) in [5.41, 5.74) is 7.71. The lowest BCUT2D eigenvalue weighted by Gasteiger charge is -2.09. The van der Waals surface area contributed by atoms with Crippen LogP contribution in [-0.4, -0.2) is 5.91 Å². The van der Waals surface area contributed by atoms with Gasteiger partial charge in [0.1, 0.15) is 5.69 Å². The number of nitrogens with two attached hydrogens (primary N) is 1. The summed E-state index contributed by atoms with van der Waals surface area (Å²) in [6.45, 7) is 4.38. The standard InChI is InChI=1S/C16H20N4O.ClH/c1-11(2)16(21)19-13-8-9-14(20-15(13)17)18-10-12-6-4-3-5-7-12;/h3-9,11H,10H2,1-2H3,(H,19,21)(H3,17,18,20);1H. The molecule has 0 aliphatic carbocycles. The number of halogens is 1. The zero-order valence-electron chi connectivity index (χ0n) is 12.7. The van der Waals surface area contributed by atoms with Crippen molar-refractivity contribution in [3.05, 3.63) is 48.0 Å². The fourth-order valence-corrected chi connectivity index (χ4v) is 1.79. The summed E-state index contributed by atoms with van der Waals surface area (Å²) < 4.78 is 0. The van der Waals surface area contributed by atoms with Crippen molar-refractivity contribution in [2.75, 3.05) is 16.4 Å². The Morgan fingerprint density at radius 2 is 1.86 bits per heavy atom. The molecule has 0 spiro atoms. The van der Waals surface area contributed by atoms with Crippen LogP contribution in [0, 0.1) is 5.92 Å². The van der Waals surface area contributed by atoms with Gasteiger partial charge in [0.15, 0.2) is 0 Å². The summed E-state index contributed by atoms with van der Waals surface area (Å²) in [4.78, 5) is 14.7. The van der Waals surface area contributed by atoms with E-state index >= 15 is 0 Å². The average Bonchev–Trinajstić information content (AvgIpc) is 2.48. The van der Waals surface area contributed by atoms with Gasteiger partial charge < -0.3 is 28.8 Å². The lowest BCUT2D eigenvalue weighted by Crippen LogP contribution is -3.00. The highest BCUT2D eigenvalue weighted by molar-refractivity contribution is 5.94. The normalized spacial score (nSPS) is 9.95. The molecule has 22 heavy (non-hydrogen) atoms. The summed E-state index contributed by atoms with van der Waals surface area (Å²) in [6, 6.07) is 13.7. The minimum absolute atomic E-state index is 0. The Balaban J connectivity index is 0.00000242. The lowest BCUT2D eigenvalue weighted by atomic mass is 10.2. The minimum atomic E-state index is -0.0831. The van der Waals surface area contributed by atoms with E-state index in [0.29, 0.717) is 18.1 Å². The Labute approximate surface area is 136 Å². The van der Waals surface area contributed by atoms with E-state index < -0.39 is 0 Å². The van der Waals surface area contributed by atoms with Crippen molar-refractivity contribution >= 4 is 23.2 Å². The van der Waals surface area contributed by atoms with Gasteiger partial charge in [0.2, 0.25) is 17.5 Å². The van der Waals surface area contributed by atoms with Gasteiger partial charge in [-0.25, -0.2) is 4.98 Å². The second-order valence-electron chi connectivity index (χ2n) is 5.18. The summed E-state index contributed by atoms with van der Waals surface area (Å²) >= 11 is 0. The van der Waals surface area contributed by atoms with Crippen molar-refractivity contribution in [2.24, 2.45) is 5.92 Å². The average molecular weight is 321 g/mol. The van der Waals surface area contributed by atoms with Crippen LogP contribution in [0.5, 0.6) is 0 Å².